The Morgan fingerprint density at radius 1 is 1.24 bits per heavy atom. The summed E-state index contributed by atoms with van der Waals surface area (Å²) in [4.78, 5) is 28.8. The molecule has 0 fully saturated rings. The highest BCUT2D eigenvalue weighted by Crippen LogP contribution is 2.20. The number of rotatable bonds is 5. The van der Waals surface area contributed by atoms with Crippen molar-refractivity contribution in [2.75, 3.05) is 18.5 Å². The fourth-order valence-corrected chi connectivity index (χ4v) is 2.32. The molecule has 2 rings (SSSR count). The van der Waals surface area contributed by atoms with Gasteiger partial charge in [-0.25, -0.2) is 4.79 Å². The molecule has 0 aliphatic carbocycles. The lowest BCUT2D eigenvalue weighted by Gasteiger charge is -2.13. The van der Waals surface area contributed by atoms with Crippen LogP contribution in [-0.4, -0.2) is 36.9 Å². The van der Waals surface area contributed by atoms with E-state index >= 15 is 0 Å². The zero-order chi connectivity index (χ0) is 15.7. The number of hydrogen-bond acceptors (Lipinski definition) is 5. The monoisotopic (exact) mass is 295 g/mol. The molecule has 0 radical (unpaired) electrons. The van der Waals surface area contributed by atoms with Gasteiger partial charge in [0.15, 0.2) is 11.2 Å². The second kappa shape index (κ2) is 5.72. The number of aryl methyl sites for hydroxylation is 1. The topological polar surface area (TPSA) is 94.1 Å². The Morgan fingerprint density at radius 3 is 2.48 bits per heavy atom. The fraction of sp³-hybridized carbons (Fsp3) is 0.615. The lowest BCUT2D eigenvalue weighted by atomic mass is 10.3. The summed E-state index contributed by atoms with van der Waals surface area (Å²) >= 11 is 0. The molecule has 0 amide bonds. The molecule has 21 heavy (non-hydrogen) atoms. The van der Waals surface area contributed by atoms with Gasteiger partial charge in [0, 0.05) is 33.3 Å². The maximum absolute atomic E-state index is 12.4. The molecule has 2 aromatic heterocycles. The Hall–Kier alpha value is -2.09. The van der Waals surface area contributed by atoms with Crippen LogP contribution in [0, 0.1) is 0 Å². The first kappa shape index (κ1) is 15.3. The van der Waals surface area contributed by atoms with Gasteiger partial charge in [-0.05, 0) is 20.3 Å². The van der Waals surface area contributed by atoms with Gasteiger partial charge in [0.2, 0.25) is 5.95 Å². The summed E-state index contributed by atoms with van der Waals surface area (Å²) in [5, 5.41) is 12.0. The Morgan fingerprint density at radius 2 is 1.90 bits per heavy atom. The molecule has 2 heterocycles. The van der Waals surface area contributed by atoms with Gasteiger partial charge in [-0.15, -0.1) is 0 Å². The number of fused-ring (bicyclic) bond motifs is 1. The van der Waals surface area contributed by atoms with Crippen LogP contribution in [0.4, 0.5) is 5.95 Å². The molecule has 0 saturated heterocycles. The van der Waals surface area contributed by atoms with Crippen molar-refractivity contribution in [1.29, 1.82) is 0 Å². The number of nitrogens with one attached hydrogen (secondary N) is 1. The minimum Gasteiger partial charge on any atom is -0.396 e. The molecule has 8 nitrogen and oxygen atoms in total. The molecule has 0 atom stereocenters. The third-order valence-electron chi connectivity index (χ3n) is 3.43. The molecule has 0 aliphatic rings. The molecule has 0 unspecified atom stereocenters. The maximum Gasteiger partial charge on any atom is 0.332 e. The van der Waals surface area contributed by atoms with Crippen molar-refractivity contribution in [3.63, 3.8) is 0 Å². The first-order chi connectivity index (χ1) is 9.90. The number of nitrogens with zero attached hydrogens (tertiary/aromatic N) is 4. The minimum absolute atomic E-state index is 0.0110. The number of aliphatic hydroxyl groups is 1. The molecule has 0 aromatic carbocycles. The van der Waals surface area contributed by atoms with Crippen molar-refractivity contribution in [1.82, 2.24) is 18.7 Å². The number of aliphatic hydroxyl groups excluding tert-OH is 1. The second-order valence-corrected chi connectivity index (χ2v) is 5.28. The van der Waals surface area contributed by atoms with Crippen molar-refractivity contribution >= 4 is 17.1 Å². The van der Waals surface area contributed by atoms with Crippen molar-refractivity contribution in [3.8, 4) is 0 Å². The zero-order valence-electron chi connectivity index (χ0n) is 12.8. The molecule has 2 N–H and O–H groups in total. The average Bonchev–Trinajstić information content (AvgIpc) is 2.83. The lowest BCUT2D eigenvalue weighted by Crippen LogP contribution is -2.37. The number of aromatic nitrogens is 4. The Labute approximate surface area is 121 Å². The molecular formula is C13H21N5O3. The first-order valence-corrected chi connectivity index (χ1v) is 6.92. The molecule has 0 aliphatic heterocycles. The van der Waals surface area contributed by atoms with Crippen LogP contribution in [0.5, 0.6) is 0 Å². The van der Waals surface area contributed by atoms with Crippen LogP contribution in [0.3, 0.4) is 0 Å². The van der Waals surface area contributed by atoms with E-state index in [1.807, 2.05) is 13.8 Å². The summed E-state index contributed by atoms with van der Waals surface area (Å²) in [6, 6.07) is 0.0110. The van der Waals surface area contributed by atoms with Gasteiger partial charge in [0.25, 0.3) is 5.56 Å². The summed E-state index contributed by atoms with van der Waals surface area (Å²) in [5.74, 6) is 0.534. The lowest BCUT2D eigenvalue weighted by molar-refractivity contribution is 0.292. The number of imidazole rings is 1. The van der Waals surface area contributed by atoms with Crippen molar-refractivity contribution in [3.05, 3.63) is 20.8 Å². The van der Waals surface area contributed by atoms with E-state index in [2.05, 4.69) is 10.3 Å². The summed E-state index contributed by atoms with van der Waals surface area (Å²) in [6.45, 7) is 4.52. The fourth-order valence-electron chi connectivity index (χ4n) is 2.32. The van der Waals surface area contributed by atoms with E-state index in [-0.39, 0.29) is 18.2 Å². The summed E-state index contributed by atoms with van der Waals surface area (Å²) < 4.78 is 4.24. The standard InChI is InChI=1S/C13H21N5O3/c1-8(2)18-9-10(15-12(18)14-6-5-7-19)16(3)13(21)17(4)11(9)20/h8,19H,5-7H2,1-4H3,(H,14,15). The molecular weight excluding hydrogens is 274 g/mol. The SMILES string of the molecule is CC(C)n1c(NCCCO)nc2c1c(=O)n(C)c(=O)n2C. The van der Waals surface area contributed by atoms with Crippen LogP contribution < -0.4 is 16.6 Å². The minimum atomic E-state index is -0.400. The summed E-state index contributed by atoms with van der Waals surface area (Å²) in [6.07, 6.45) is 0.582. The Bertz CT molecular complexity index is 769. The van der Waals surface area contributed by atoms with Gasteiger partial charge in [0.05, 0.1) is 0 Å². The predicted molar refractivity (Wildman–Crippen MR) is 80.8 cm³/mol. The third-order valence-corrected chi connectivity index (χ3v) is 3.43. The van der Waals surface area contributed by atoms with Crippen molar-refractivity contribution in [2.24, 2.45) is 14.1 Å². The van der Waals surface area contributed by atoms with E-state index in [9.17, 15) is 9.59 Å². The molecule has 0 bridgehead atoms. The van der Waals surface area contributed by atoms with Gasteiger partial charge >= 0.3 is 5.69 Å². The van der Waals surface area contributed by atoms with Gasteiger partial charge in [-0.3, -0.25) is 13.9 Å². The largest absolute Gasteiger partial charge is 0.396 e. The highest BCUT2D eigenvalue weighted by Gasteiger charge is 2.20. The van der Waals surface area contributed by atoms with E-state index in [0.29, 0.717) is 30.1 Å². The maximum atomic E-state index is 12.4. The van der Waals surface area contributed by atoms with Crippen LogP contribution in [-0.2, 0) is 14.1 Å². The van der Waals surface area contributed by atoms with Crippen LogP contribution in [0.2, 0.25) is 0 Å². The van der Waals surface area contributed by atoms with Crippen LogP contribution in [0.1, 0.15) is 26.3 Å². The van der Waals surface area contributed by atoms with E-state index < -0.39 is 5.69 Å². The van der Waals surface area contributed by atoms with Crippen molar-refractivity contribution in [2.45, 2.75) is 26.3 Å². The number of hydrogen-bond donors (Lipinski definition) is 2. The van der Waals surface area contributed by atoms with Crippen molar-refractivity contribution < 1.29 is 5.11 Å². The third kappa shape index (κ3) is 2.46. The van der Waals surface area contributed by atoms with E-state index in [4.69, 9.17) is 5.11 Å². The average molecular weight is 295 g/mol. The Balaban J connectivity index is 2.75. The van der Waals surface area contributed by atoms with Crippen LogP contribution in [0.25, 0.3) is 11.2 Å². The highest BCUT2D eigenvalue weighted by atomic mass is 16.3. The van der Waals surface area contributed by atoms with Gasteiger partial charge in [-0.2, -0.15) is 4.98 Å². The predicted octanol–water partition coefficient (Wildman–Crippen LogP) is -0.191. The van der Waals surface area contributed by atoms with E-state index in [1.165, 1.54) is 11.6 Å². The quantitative estimate of drug-likeness (QED) is 0.746. The van der Waals surface area contributed by atoms with E-state index in [1.54, 1.807) is 11.6 Å². The van der Waals surface area contributed by atoms with Crippen LogP contribution >= 0.6 is 0 Å². The normalized spacial score (nSPS) is 11.5. The first-order valence-electron chi connectivity index (χ1n) is 6.92. The molecule has 8 heteroatoms. The summed E-state index contributed by atoms with van der Waals surface area (Å²) in [7, 11) is 3.06. The number of anilines is 1. The van der Waals surface area contributed by atoms with E-state index in [0.717, 1.165) is 4.57 Å². The zero-order valence-corrected chi connectivity index (χ0v) is 12.8. The van der Waals surface area contributed by atoms with Gasteiger partial charge < -0.3 is 15.0 Å². The molecule has 2 aromatic rings. The highest BCUT2D eigenvalue weighted by molar-refractivity contribution is 5.74. The second-order valence-electron chi connectivity index (χ2n) is 5.28. The summed E-state index contributed by atoms with van der Waals surface area (Å²) in [5.41, 5.74) is 0.0109. The van der Waals surface area contributed by atoms with Crippen LogP contribution in [0.15, 0.2) is 9.59 Å². The molecule has 0 saturated carbocycles. The van der Waals surface area contributed by atoms with Gasteiger partial charge in [-0.1, -0.05) is 0 Å². The molecule has 116 valence electrons. The smallest absolute Gasteiger partial charge is 0.332 e. The molecule has 0 spiro atoms. The van der Waals surface area contributed by atoms with Gasteiger partial charge in [0.1, 0.15) is 0 Å². The Kier molecular flexibility index (Phi) is 4.17.